The van der Waals surface area contributed by atoms with E-state index in [9.17, 15) is 4.79 Å². The topological polar surface area (TPSA) is 55.1 Å². The number of nitrogens with zero attached hydrogens (tertiary/aromatic N) is 2. The van der Waals surface area contributed by atoms with Crippen LogP contribution in [0.3, 0.4) is 0 Å². The van der Waals surface area contributed by atoms with E-state index in [-0.39, 0.29) is 5.82 Å². The molecule has 1 aliphatic heterocycles. The fourth-order valence-electron chi connectivity index (χ4n) is 1.78. The average molecular weight is 180 g/mol. The number of hydrogen-bond acceptors (Lipinski definition) is 2. The molecule has 0 unspecified atom stereocenters. The van der Waals surface area contributed by atoms with Crippen LogP contribution in [0.5, 0.6) is 0 Å². The monoisotopic (exact) mass is 180 g/mol. The van der Waals surface area contributed by atoms with Crippen molar-refractivity contribution in [1.29, 1.82) is 0 Å². The molecule has 4 nitrogen and oxygen atoms in total. The smallest absolute Gasteiger partial charge is 0.372 e. The Morgan fingerprint density at radius 3 is 3.23 bits per heavy atom. The maximum absolute atomic E-state index is 10.8. The van der Waals surface area contributed by atoms with Crippen molar-refractivity contribution in [3.63, 3.8) is 0 Å². The summed E-state index contributed by atoms with van der Waals surface area (Å²) in [6.07, 6.45) is 3.75. The summed E-state index contributed by atoms with van der Waals surface area (Å²) in [5.74, 6) is -0.193. The summed E-state index contributed by atoms with van der Waals surface area (Å²) >= 11 is 0. The molecule has 0 amide bonds. The number of imidazole rings is 1. The van der Waals surface area contributed by atoms with E-state index in [4.69, 9.17) is 5.11 Å². The number of fused-ring (bicyclic) bond motifs is 1. The molecule has 1 atom stereocenters. The molecule has 0 saturated carbocycles. The van der Waals surface area contributed by atoms with Gasteiger partial charge in [0.25, 0.3) is 0 Å². The van der Waals surface area contributed by atoms with Gasteiger partial charge in [-0.25, -0.2) is 9.78 Å². The molecule has 1 aromatic heterocycles. The van der Waals surface area contributed by atoms with E-state index in [2.05, 4.69) is 11.9 Å². The summed E-state index contributed by atoms with van der Waals surface area (Å²) in [6.45, 7) is 2.92. The van der Waals surface area contributed by atoms with Crippen LogP contribution in [-0.2, 0) is 13.0 Å². The molecule has 4 heteroatoms. The van der Waals surface area contributed by atoms with Crippen LogP contribution in [0, 0.1) is 5.92 Å². The van der Waals surface area contributed by atoms with Crippen molar-refractivity contribution in [3.05, 3.63) is 17.7 Å². The lowest BCUT2D eigenvalue weighted by molar-refractivity contribution is 0.0675. The second-order valence-electron chi connectivity index (χ2n) is 3.63. The number of carboxylic acids is 1. The minimum atomic E-state index is -0.930. The van der Waals surface area contributed by atoms with Crippen molar-refractivity contribution < 1.29 is 9.90 Å². The van der Waals surface area contributed by atoms with Gasteiger partial charge in [-0.05, 0) is 18.8 Å². The Labute approximate surface area is 76.2 Å². The molecule has 0 radical (unpaired) electrons. The molecule has 2 heterocycles. The van der Waals surface area contributed by atoms with Crippen LogP contribution in [0.1, 0.15) is 29.7 Å². The van der Waals surface area contributed by atoms with Crippen LogP contribution >= 0.6 is 0 Å². The standard InChI is InChI=1S/C9H12N2O2/c1-6-2-3-7-4-10-8(9(12)13)11(7)5-6/h4,6H,2-3,5H2,1H3,(H,12,13)/t6-/m0/s1. The molecule has 1 aromatic rings. The van der Waals surface area contributed by atoms with Crippen LogP contribution in [0.15, 0.2) is 6.20 Å². The molecule has 0 aliphatic carbocycles. The first-order valence-corrected chi connectivity index (χ1v) is 4.46. The third kappa shape index (κ3) is 1.32. The highest BCUT2D eigenvalue weighted by Crippen LogP contribution is 2.20. The van der Waals surface area contributed by atoms with E-state index in [0.717, 1.165) is 25.1 Å². The minimum Gasteiger partial charge on any atom is -0.475 e. The fourth-order valence-corrected chi connectivity index (χ4v) is 1.78. The summed E-state index contributed by atoms with van der Waals surface area (Å²) in [5.41, 5.74) is 1.05. The van der Waals surface area contributed by atoms with Gasteiger partial charge in [-0.1, -0.05) is 6.92 Å². The Hall–Kier alpha value is -1.32. The molecule has 0 saturated heterocycles. The highest BCUT2D eigenvalue weighted by Gasteiger charge is 2.21. The van der Waals surface area contributed by atoms with E-state index < -0.39 is 5.97 Å². The third-order valence-corrected chi connectivity index (χ3v) is 2.52. The zero-order chi connectivity index (χ0) is 9.42. The second kappa shape index (κ2) is 2.87. The highest BCUT2D eigenvalue weighted by atomic mass is 16.4. The first kappa shape index (κ1) is 8.29. The summed E-state index contributed by atoms with van der Waals surface area (Å²) in [4.78, 5) is 14.7. The molecular formula is C9H12N2O2. The molecule has 0 aromatic carbocycles. The van der Waals surface area contributed by atoms with E-state index in [1.165, 1.54) is 0 Å². The quantitative estimate of drug-likeness (QED) is 0.705. The normalized spacial score (nSPS) is 21.2. The van der Waals surface area contributed by atoms with Gasteiger partial charge in [0.15, 0.2) is 0 Å². The Morgan fingerprint density at radius 1 is 1.77 bits per heavy atom. The lowest BCUT2D eigenvalue weighted by Gasteiger charge is -2.21. The van der Waals surface area contributed by atoms with Crippen molar-refractivity contribution in [2.75, 3.05) is 0 Å². The number of carbonyl (C=O) groups is 1. The van der Waals surface area contributed by atoms with Crippen molar-refractivity contribution >= 4 is 5.97 Å². The van der Waals surface area contributed by atoms with Crippen LogP contribution < -0.4 is 0 Å². The number of rotatable bonds is 1. The number of aromatic nitrogens is 2. The average Bonchev–Trinajstić information content (AvgIpc) is 2.46. The molecule has 2 rings (SSSR count). The zero-order valence-electron chi connectivity index (χ0n) is 7.53. The van der Waals surface area contributed by atoms with Gasteiger partial charge < -0.3 is 9.67 Å². The van der Waals surface area contributed by atoms with Crippen LogP contribution in [-0.4, -0.2) is 20.6 Å². The molecule has 0 spiro atoms. The fraction of sp³-hybridized carbons (Fsp3) is 0.556. The molecule has 1 aliphatic rings. The number of hydrogen-bond donors (Lipinski definition) is 1. The van der Waals surface area contributed by atoms with E-state index in [1.54, 1.807) is 6.20 Å². The summed E-state index contributed by atoms with van der Waals surface area (Å²) < 4.78 is 1.82. The summed E-state index contributed by atoms with van der Waals surface area (Å²) in [5, 5.41) is 8.83. The van der Waals surface area contributed by atoms with Gasteiger partial charge in [-0.3, -0.25) is 0 Å². The summed E-state index contributed by atoms with van der Waals surface area (Å²) in [6, 6.07) is 0. The largest absolute Gasteiger partial charge is 0.475 e. The molecule has 0 fully saturated rings. The Bertz CT molecular complexity index is 343. The minimum absolute atomic E-state index is 0.182. The van der Waals surface area contributed by atoms with Gasteiger partial charge in [-0.2, -0.15) is 0 Å². The van der Waals surface area contributed by atoms with E-state index in [1.807, 2.05) is 4.57 Å². The maximum Gasteiger partial charge on any atom is 0.372 e. The van der Waals surface area contributed by atoms with Gasteiger partial charge in [0.2, 0.25) is 5.82 Å². The second-order valence-corrected chi connectivity index (χ2v) is 3.63. The van der Waals surface area contributed by atoms with Gasteiger partial charge >= 0.3 is 5.97 Å². The van der Waals surface area contributed by atoms with Gasteiger partial charge in [0.05, 0.1) is 0 Å². The SMILES string of the molecule is C[C@H]1CCc2cnc(C(=O)O)n2C1. The zero-order valence-corrected chi connectivity index (χ0v) is 7.53. The van der Waals surface area contributed by atoms with Crippen molar-refractivity contribution in [1.82, 2.24) is 9.55 Å². The van der Waals surface area contributed by atoms with E-state index in [0.29, 0.717) is 5.92 Å². The first-order valence-electron chi connectivity index (χ1n) is 4.46. The van der Waals surface area contributed by atoms with Gasteiger partial charge in [0.1, 0.15) is 0 Å². The number of carboxylic acid groups (broad SMARTS) is 1. The Morgan fingerprint density at radius 2 is 2.54 bits per heavy atom. The van der Waals surface area contributed by atoms with Crippen LogP contribution in [0.4, 0.5) is 0 Å². The number of aryl methyl sites for hydroxylation is 1. The Balaban J connectivity index is 2.41. The molecule has 13 heavy (non-hydrogen) atoms. The van der Waals surface area contributed by atoms with Gasteiger partial charge in [-0.15, -0.1) is 0 Å². The third-order valence-electron chi connectivity index (χ3n) is 2.52. The lowest BCUT2D eigenvalue weighted by atomic mass is 10.0. The summed E-state index contributed by atoms with van der Waals surface area (Å²) in [7, 11) is 0. The predicted octanol–water partition coefficient (Wildman–Crippen LogP) is 1.16. The highest BCUT2D eigenvalue weighted by molar-refractivity contribution is 5.83. The van der Waals surface area contributed by atoms with E-state index >= 15 is 0 Å². The van der Waals surface area contributed by atoms with Crippen molar-refractivity contribution in [3.8, 4) is 0 Å². The van der Waals surface area contributed by atoms with Crippen LogP contribution in [0.2, 0.25) is 0 Å². The first-order chi connectivity index (χ1) is 6.18. The molecule has 0 bridgehead atoms. The Kier molecular flexibility index (Phi) is 1.83. The van der Waals surface area contributed by atoms with Gasteiger partial charge in [0, 0.05) is 18.4 Å². The van der Waals surface area contributed by atoms with Crippen molar-refractivity contribution in [2.24, 2.45) is 5.92 Å². The molecular weight excluding hydrogens is 168 g/mol. The van der Waals surface area contributed by atoms with Crippen molar-refractivity contribution in [2.45, 2.75) is 26.3 Å². The maximum atomic E-state index is 10.8. The number of aromatic carboxylic acids is 1. The predicted molar refractivity (Wildman–Crippen MR) is 46.7 cm³/mol. The van der Waals surface area contributed by atoms with Crippen LogP contribution in [0.25, 0.3) is 0 Å². The lowest BCUT2D eigenvalue weighted by Crippen LogP contribution is -2.21. The molecule has 1 N–H and O–H groups in total. The molecule has 70 valence electrons.